The van der Waals surface area contributed by atoms with Crippen LogP contribution in [-0.2, 0) is 14.3 Å². The monoisotopic (exact) mass is 193 g/mol. The van der Waals surface area contributed by atoms with Crippen molar-refractivity contribution in [1.29, 1.82) is 0 Å². The van der Waals surface area contributed by atoms with Crippen molar-refractivity contribution in [2.75, 3.05) is 18.8 Å². The molecule has 1 aliphatic heterocycles. The molecule has 1 saturated heterocycles. The number of rotatable bonds is 3. The van der Waals surface area contributed by atoms with Crippen LogP contribution in [0.15, 0.2) is 0 Å². The highest BCUT2D eigenvalue weighted by Crippen LogP contribution is 2.10. The molecule has 0 aromatic rings. The molecule has 1 N–H and O–H groups in total. The molecule has 5 heteroatoms. The van der Waals surface area contributed by atoms with Gasteiger partial charge in [0.25, 0.3) is 10.1 Å². The molecule has 0 bridgehead atoms. The van der Waals surface area contributed by atoms with E-state index in [1.807, 2.05) is 0 Å². The first kappa shape index (κ1) is 9.95. The van der Waals surface area contributed by atoms with Crippen molar-refractivity contribution in [1.82, 2.24) is 5.32 Å². The smallest absolute Gasteiger partial charge is 0.267 e. The van der Waals surface area contributed by atoms with Crippen molar-refractivity contribution in [3.8, 4) is 0 Å². The summed E-state index contributed by atoms with van der Waals surface area (Å²) < 4.78 is 27.0. The van der Waals surface area contributed by atoms with Gasteiger partial charge in [0.1, 0.15) is 0 Å². The van der Waals surface area contributed by atoms with E-state index in [4.69, 9.17) is 4.18 Å². The van der Waals surface area contributed by atoms with Crippen LogP contribution < -0.4 is 5.32 Å². The maximum Gasteiger partial charge on any atom is 0.267 e. The zero-order valence-corrected chi connectivity index (χ0v) is 8.06. The Labute approximate surface area is 73.4 Å². The van der Waals surface area contributed by atoms with Crippen LogP contribution >= 0.6 is 0 Å². The van der Waals surface area contributed by atoms with Gasteiger partial charge in [-0.25, -0.2) is 0 Å². The fraction of sp³-hybridized carbons (Fsp3) is 1.00. The average molecular weight is 193 g/mol. The highest BCUT2D eigenvalue weighted by atomic mass is 32.2. The molecule has 1 rings (SSSR count). The summed E-state index contributed by atoms with van der Waals surface area (Å²) in [5.74, 6) is 0.0664. The summed E-state index contributed by atoms with van der Waals surface area (Å²) in [7, 11) is -3.25. The SMILES string of the molecule is CCS(=O)(=O)OC1CCNCC1. The van der Waals surface area contributed by atoms with Gasteiger partial charge in [0, 0.05) is 0 Å². The minimum Gasteiger partial charge on any atom is -0.317 e. The summed E-state index contributed by atoms with van der Waals surface area (Å²) in [6, 6.07) is 0. The van der Waals surface area contributed by atoms with Crippen LogP contribution in [0.4, 0.5) is 0 Å². The molecule has 1 fully saturated rings. The van der Waals surface area contributed by atoms with Crippen LogP contribution in [-0.4, -0.2) is 33.4 Å². The Morgan fingerprint density at radius 3 is 2.50 bits per heavy atom. The molecule has 0 amide bonds. The van der Waals surface area contributed by atoms with Gasteiger partial charge in [-0.1, -0.05) is 0 Å². The standard InChI is InChI=1S/C7H15NO3S/c1-2-12(9,10)11-7-3-5-8-6-4-7/h7-8H,2-6H2,1H3. The normalized spacial score (nSPS) is 21.1. The van der Waals surface area contributed by atoms with Gasteiger partial charge in [-0.3, -0.25) is 4.18 Å². The molecule has 72 valence electrons. The van der Waals surface area contributed by atoms with Crippen LogP contribution in [0, 0.1) is 0 Å². The van der Waals surface area contributed by atoms with Gasteiger partial charge in [-0.15, -0.1) is 0 Å². The second kappa shape index (κ2) is 4.20. The first-order chi connectivity index (χ1) is 5.64. The molecule has 0 saturated carbocycles. The lowest BCUT2D eigenvalue weighted by Crippen LogP contribution is -2.34. The molecular formula is C7H15NO3S. The number of hydrogen-bond acceptors (Lipinski definition) is 4. The van der Waals surface area contributed by atoms with Crippen LogP contribution in [0.3, 0.4) is 0 Å². The molecule has 12 heavy (non-hydrogen) atoms. The molecule has 4 nitrogen and oxygen atoms in total. The van der Waals surface area contributed by atoms with Crippen LogP contribution in [0.5, 0.6) is 0 Å². The second-order valence-electron chi connectivity index (χ2n) is 2.89. The van der Waals surface area contributed by atoms with Crippen molar-refractivity contribution in [3.63, 3.8) is 0 Å². The predicted octanol–water partition coefficient (Wildman–Crippen LogP) is 0.105. The molecular weight excluding hydrogens is 178 g/mol. The van der Waals surface area contributed by atoms with Crippen LogP contribution in [0.25, 0.3) is 0 Å². The largest absolute Gasteiger partial charge is 0.317 e. The third kappa shape index (κ3) is 3.08. The second-order valence-corrected chi connectivity index (χ2v) is 4.78. The van der Waals surface area contributed by atoms with Gasteiger partial charge >= 0.3 is 0 Å². The van der Waals surface area contributed by atoms with Crippen LogP contribution in [0.2, 0.25) is 0 Å². The molecule has 1 heterocycles. The van der Waals surface area contributed by atoms with E-state index >= 15 is 0 Å². The van der Waals surface area contributed by atoms with Gasteiger partial charge in [-0.05, 0) is 32.9 Å². The number of piperidine rings is 1. The molecule has 0 aliphatic carbocycles. The first-order valence-electron chi connectivity index (χ1n) is 4.26. The molecule has 0 spiro atoms. The number of nitrogens with one attached hydrogen (secondary N) is 1. The summed E-state index contributed by atoms with van der Waals surface area (Å²) in [5, 5.41) is 3.14. The van der Waals surface area contributed by atoms with Gasteiger partial charge in [0.05, 0.1) is 11.9 Å². The van der Waals surface area contributed by atoms with Crippen molar-refractivity contribution in [2.24, 2.45) is 0 Å². The summed E-state index contributed by atoms with van der Waals surface area (Å²) in [6.45, 7) is 3.30. The van der Waals surface area contributed by atoms with E-state index in [1.54, 1.807) is 6.92 Å². The van der Waals surface area contributed by atoms with E-state index in [0.717, 1.165) is 25.9 Å². The Hall–Kier alpha value is -0.130. The van der Waals surface area contributed by atoms with E-state index in [2.05, 4.69) is 5.32 Å². The fourth-order valence-electron chi connectivity index (χ4n) is 1.17. The molecule has 0 atom stereocenters. The Bertz CT molecular complexity index is 219. The lowest BCUT2D eigenvalue weighted by atomic mass is 10.1. The van der Waals surface area contributed by atoms with Gasteiger partial charge in [0.2, 0.25) is 0 Å². The zero-order valence-electron chi connectivity index (χ0n) is 7.25. The van der Waals surface area contributed by atoms with E-state index < -0.39 is 10.1 Å². The summed E-state index contributed by atoms with van der Waals surface area (Å²) in [6.07, 6.45) is 1.48. The zero-order chi connectivity index (χ0) is 9.03. The Balaban J connectivity index is 2.39. The Morgan fingerprint density at radius 1 is 1.42 bits per heavy atom. The maximum atomic E-state index is 11.0. The molecule has 0 aromatic heterocycles. The fourth-order valence-corrected chi connectivity index (χ4v) is 1.91. The third-order valence-corrected chi connectivity index (χ3v) is 3.19. The number of hydrogen-bond donors (Lipinski definition) is 1. The maximum absolute atomic E-state index is 11.0. The van der Waals surface area contributed by atoms with Gasteiger partial charge in [0.15, 0.2) is 0 Å². The summed E-state index contributed by atoms with van der Waals surface area (Å²) in [5.41, 5.74) is 0. The van der Waals surface area contributed by atoms with Gasteiger partial charge in [-0.2, -0.15) is 8.42 Å². The first-order valence-corrected chi connectivity index (χ1v) is 5.83. The summed E-state index contributed by atoms with van der Waals surface area (Å²) >= 11 is 0. The lowest BCUT2D eigenvalue weighted by molar-refractivity contribution is 0.170. The van der Waals surface area contributed by atoms with Crippen LogP contribution in [0.1, 0.15) is 19.8 Å². The molecule has 0 aromatic carbocycles. The Kier molecular flexibility index (Phi) is 3.49. The van der Waals surface area contributed by atoms with Crippen molar-refractivity contribution in [2.45, 2.75) is 25.9 Å². The molecule has 1 aliphatic rings. The van der Waals surface area contributed by atoms with Crippen molar-refractivity contribution >= 4 is 10.1 Å². The lowest BCUT2D eigenvalue weighted by Gasteiger charge is -2.21. The summed E-state index contributed by atoms with van der Waals surface area (Å²) in [4.78, 5) is 0. The minimum atomic E-state index is -3.25. The highest BCUT2D eigenvalue weighted by molar-refractivity contribution is 7.86. The van der Waals surface area contributed by atoms with Gasteiger partial charge < -0.3 is 5.32 Å². The molecule has 0 unspecified atom stereocenters. The average Bonchev–Trinajstić information content (AvgIpc) is 2.06. The minimum absolute atomic E-state index is 0.0664. The van der Waals surface area contributed by atoms with E-state index in [0.29, 0.717) is 0 Å². The Morgan fingerprint density at radius 2 is 2.00 bits per heavy atom. The van der Waals surface area contributed by atoms with E-state index in [1.165, 1.54) is 0 Å². The van der Waals surface area contributed by atoms with Crippen molar-refractivity contribution < 1.29 is 12.6 Å². The van der Waals surface area contributed by atoms with Crippen molar-refractivity contribution in [3.05, 3.63) is 0 Å². The quantitative estimate of drug-likeness (QED) is 0.646. The van der Waals surface area contributed by atoms with E-state index in [-0.39, 0.29) is 11.9 Å². The topological polar surface area (TPSA) is 55.4 Å². The third-order valence-electron chi connectivity index (χ3n) is 1.92. The molecule has 0 radical (unpaired) electrons. The van der Waals surface area contributed by atoms with E-state index in [9.17, 15) is 8.42 Å². The highest BCUT2D eigenvalue weighted by Gasteiger charge is 2.19. The predicted molar refractivity (Wildman–Crippen MR) is 46.4 cm³/mol.